The smallest absolute Gasteiger partial charge is 0.138 e. The second-order valence-electron chi connectivity index (χ2n) is 4.49. The SMILES string of the molecule is CCc1cc(COc2cc(F)ccc2C#CCO)n(C)n1. The summed E-state index contributed by atoms with van der Waals surface area (Å²) in [6.07, 6.45) is 0.848. The van der Waals surface area contributed by atoms with Crippen molar-refractivity contribution in [2.45, 2.75) is 20.0 Å². The summed E-state index contributed by atoms with van der Waals surface area (Å²) in [7, 11) is 1.84. The van der Waals surface area contributed by atoms with Crippen LogP contribution < -0.4 is 4.74 Å². The van der Waals surface area contributed by atoms with Crippen molar-refractivity contribution in [2.75, 3.05) is 6.61 Å². The van der Waals surface area contributed by atoms with Gasteiger partial charge in [0, 0.05) is 13.1 Å². The van der Waals surface area contributed by atoms with Crippen LogP contribution in [0, 0.1) is 17.7 Å². The number of rotatable bonds is 4. The molecule has 0 radical (unpaired) electrons. The van der Waals surface area contributed by atoms with E-state index >= 15 is 0 Å². The van der Waals surface area contributed by atoms with Crippen LogP contribution >= 0.6 is 0 Å². The molecule has 0 aliphatic carbocycles. The summed E-state index contributed by atoms with van der Waals surface area (Å²) in [5, 5.41) is 13.1. The number of hydrogen-bond acceptors (Lipinski definition) is 3. The molecule has 4 nitrogen and oxygen atoms in total. The Kier molecular flexibility index (Phi) is 4.96. The molecule has 0 saturated carbocycles. The maximum atomic E-state index is 13.3. The Hall–Kier alpha value is -2.32. The maximum Gasteiger partial charge on any atom is 0.138 e. The van der Waals surface area contributed by atoms with Crippen molar-refractivity contribution in [2.24, 2.45) is 7.05 Å². The molecule has 0 aliphatic heterocycles. The Bertz CT molecular complexity index is 683. The standard InChI is InChI=1S/C16H17FN2O2/c1-3-14-10-15(19(2)18-14)11-21-16-9-13(17)7-6-12(16)5-4-8-20/h6-7,9-10,20H,3,8,11H2,1-2H3. The van der Waals surface area contributed by atoms with Crippen molar-refractivity contribution in [3.05, 3.63) is 47.0 Å². The zero-order chi connectivity index (χ0) is 15.2. The summed E-state index contributed by atoms with van der Waals surface area (Å²) >= 11 is 0. The van der Waals surface area contributed by atoms with Gasteiger partial charge in [-0.1, -0.05) is 18.8 Å². The Morgan fingerprint density at radius 2 is 2.19 bits per heavy atom. The van der Waals surface area contributed by atoms with E-state index in [-0.39, 0.29) is 19.0 Å². The monoisotopic (exact) mass is 288 g/mol. The summed E-state index contributed by atoms with van der Waals surface area (Å²) in [4.78, 5) is 0. The molecule has 2 rings (SSSR count). The quantitative estimate of drug-likeness (QED) is 0.876. The highest BCUT2D eigenvalue weighted by Gasteiger charge is 2.08. The third-order valence-electron chi connectivity index (χ3n) is 3.01. The third-order valence-corrected chi connectivity index (χ3v) is 3.01. The number of benzene rings is 1. The third kappa shape index (κ3) is 3.83. The zero-order valence-electron chi connectivity index (χ0n) is 12.1. The largest absolute Gasteiger partial charge is 0.486 e. The molecule has 2 aromatic rings. The van der Waals surface area contributed by atoms with Gasteiger partial charge in [0.1, 0.15) is 24.8 Å². The van der Waals surface area contributed by atoms with Crippen molar-refractivity contribution in [3.63, 3.8) is 0 Å². The van der Waals surface area contributed by atoms with Crippen LogP contribution in [-0.4, -0.2) is 21.5 Å². The Morgan fingerprint density at radius 3 is 2.86 bits per heavy atom. The average molecular weight is 288 g/mol. The van der Waals surface area contributed by atoms with Crippen LogP contribution in [0.25, 0.3) is 0 Å². The zero-order valence-corrected chi connectivity index (χ0v) is 12.1. The molecule has 5 heteroatoms. The lowest BCUT2D eigenvalue weighted by atomic mass is 10.2. The van der Waals surface area contributed by atoms with Gasteiger partial charge < -0.3 is 9.84 Å². The van der Waals surface area contributed by atoms with Crippen LogP contribution in [-0.2, 0) is 20.1 Å². The summed E-state index contributed by atoms with van der Waals surface area (Å²) in [6, 6.07) is 6.10. The fourth-order valence-electron chi connectivity index (χ4n) is 1.88. The van der Waals surface area contributed by atoms with Crippen LogP contribution in [0.2, 0.25) is 0 Å². The summed E-state index contributed by atoms with van der Waals surface area (Å²) in [5.41, 5.74) is 2.43. The first-order valence-corrected chi connectivity index (χ1v) is 6.68. The summed E-state index contributed by atoms with van der Waals surface area (Å²) in [5.74, 6) is 5.24. The van der Waals surface area contributed by atoms with Gasteiger partial charge >= 0.3 is 0 Å². The molecule has 110 valence electrons. The minimum Gasteiger partial charge on any atom is -0.486 e. The first-order chi connectivity index (χ1) is 10.1. The van der Waals surface area contributed by atoms with Crippen LogP contribution in [0.4, 0.5) is 4.39 Å². The lowest BCUT2D eigenvalue weighted by Crippen LogP contribution is -2.04. The van der Waals surface area contributed by atoms with E-state index in [1.807, 2.05) is 20.0 Å². The van der Waals surface area contributed by atoms with Gasteiger partial charge in [-0.15, -0.1) is 0 Å². The van der Waals surface area contributed by atoms with Gasteiger partial charge in [0.15, 0.2) is 0 Å². The Balaban J connectivity index is 2.18. The predicted molar refractivity (Wildman–Crippen MR) is 77.3 cm³/mol. The number of aryl methyl sites for hydroxylation is 2. The van der Waals surface area contributed by atoms with E-state index in [1.54, 1.807) is 4.68 Å². The van der Waals surface area contributed by atoms with Crippen molar-refractivity contribution in [1.29, 1.82) is 0 Å². The molecule has 0 saturated heterocycles. The average Bonchev–Trinajstić information content (AvgIpc) is 2.84. The number of nitrogens with zero attached hydrogens (tertiary/aromatic N) is 2. The fraction of sp³-hybridized carbons (Fsp3) is 0.312. The van der Waals surface area contributed by atoms with Crippen LogP contribution in [0.5, 0.6) is 5.75 Å². The van der Waals surface area contributed by atoms with E-state index < -0.39 is 0 Å². The van der Waals surface area contributed by atoms with Gasteiger partial charge in [-0.25, -0.2) is 4.39 Å². The highest BCUT2D eigenvalue weighted by molar-refractivity contribution is 5.46. The van der Waals surface area contributed by atoms with Gasteiger partial charge in [-0.05, 0) is 24.6 Å². The molecule has 0 unspecified atom stereocenters. The maximum absolute atomic E-state index is 13.3. The summed E-state index contributed by atoms with van der Waals surface area (Å²) in [6.45, 7) is 2.06. The van der Waals surface area contributed by atoms with E-state index in [4.69, 9.17) is 9.84 Å². The molecule has 0 aliphatic rings. The second kappa shape index (κ2) is 6.91. The molecule has 1 aromatic carbocycles. The van der Waals surface area contributed by atoms with Crippen LogP contribution in [0.3, 0.4) is 0 Å². The van der Waals surface area contributed by atoms with Crippen LogP contribution in [0.1, 0.15) is 23.9 Å². The van der Waals surface area contributed by atoms with Gasteiger partial charge in [0.05, 0.1) is 17.0 Å². The van der Waals surface area contributed by atoms with Crippen molar-refractivity contribution in [1.82, 2.24) is 9.78 Å². The first-order valence-electron chi connectivity index (χ1n) is 6.68. The molecule has 1 N–H and O–H groups in total. The second-order valence-corrected chi connectivity index (χ2v) is 4.49. The molecule has 21 heavy (non-hydrogen) atoms. The van der Waals surface area contributed by atoms with Crippen molar-refractivity contribution < 1.29 is 14.2 Å². The lowest BCUT2D eigenvalue weighted by molar-refractivity contribution is 0.292. The van der Waals surface area contributed by atoms with Crippen molar-refractivity contribution >= 4 is 0 Å². The van der Waals surface area contributed by atoms with Gasteiger partial charge in [0.25, 0.3) is 0 Å². The fourth-order valence-corrected chi connectivity index (χ4v) is 1.88. The van der Waals surface area contributed by atoms with Gasteiger partial charge in [-0.2, -0.15) is 5.10 Å². The molecule has 1 heterocycles. The molecule has 0 fully saturated rings. The summed E-state index contributed by atoms with van der Waals surface area (Å²) < 4.78 is 20.7. The van der Waals surface area contributed by atoms with E-state index in [1.165, 1.54) is 18.2 Å². The highest BCUT2D eigenvalue weighted by Crippen LogP contribution is 2.20. The van der Waals surface area contributed by atoms with Crippen molar-refractivity contribution in [3.8, 4) is 17.6 Å². The van der Waals surface area contributed by atoms with E-state index in [0.717, 1.165) is 17.8 Å². The van der Waals surface area contributed by atoms with Gasteiger partial charge in [-0.3, -0.25) is 4.68 Å². The molecule has 0 spiro atoms. The topological polar surface area (TPSA) is 47.3 Å². The number of hydrogen-bond donors (Lipinski definition) is 1. The Labute approximate surface area is 123 Å². The van der Waals surface area contributed by atoms with E-state index in [0.29, 0.717) is 11.3 Å². The normalized spacial score (nSPS) is 10.1. The number of aliphatic hydroxyl groups is 1. The minimum absolute atomic E-state index is 0.252. The lowest BCUT2D eigenvalue weighted by Gasteiger charge is -2.08. The molecule has 0 amide bonds. The molecular weight excluding hydrogens is 271 g/mol. The number of halogens is 1. The van der Waals surface area contributed by atoms with E-state index in [9.17, 15) is 4.39 Å². The number of aromatic nitrogens is 2. The highest BCUT2D eigenvalue weighted by atomic mass is 19.1. The molecular formula is C16H17FN2O2. The van der Waals surface area contributed by atoms with Gasteiger partial charge in [0.2, 0.25) is 0 Å². The van der Waals surface area contributed by atoms with E-state index in [2.05, 4.69) is 16.9 Å². The van der Waals surface area contributed by atoms with Crippen LogP contribution in [0.15, 0.2) is 24.3 Å². The Morgan fingerprint density at radius 1 is 1.38 bits per heavy atom. The number of aliphatic hydroxyl groups excluding tert-OH is 1. The number of ether oxygens (including phenoxy) is 1. The molecule has 0 atom stereocenters. The molecule has 0 bridgehead atoms. The molecule has 1 aromatic heterocycles. The first kappa shape index (κ1) is 15.1. The predicted octanol–water partition coefficient (Wildman–Crippen LogP) is 2.04. The minimum atomic E-state index is -0.390.